The second kappa shape index (κ2) is 7.70. The number of nitrogens with one attached hydrogen (secondary N) is 1. The predicted octanol–water partition coefficient (Wildman–Crippen LogP) is 1.31. The summed E-state index contributed by atoms with van der Waals surface area (Å²) < 4.78 is 26.2. The molecule has 0 aliphatic carbocycles. The number of nitrogens with zero attached hydrogens (tertiary/aromatic N) is 5. The van der Waals surface area contributed by atoms with Crippen LogP contribution in [0, 0.1) is 0 Å². The maximum absolute atomic E-state index is 11.9. The molecular formula is C14H16N6O3S3. The highest BCUT2D eigenvalue weighted by Crippen LogP contribution is 2.28. The summed E-state index contributed by atoms with van der Waals surface area (Å²) >= 11 is 2.69. The Morgan fingerprint density at radius 3 is 2.92 bits per heavy atom. The first kappa shape index (κ1) is 18.8. The van der Waals surface area contributed by atoms with E-state index in [2.05, 4.69) is 20.5 Å². The van der Waals surface area contributed by atoms with Crippen molar-refractivity contribution in [3.05, 3.63) is 36.3 Å². The second-order valence-corrected chi connectivity index (χ2v) is 9.72. The van der Waals surface area contributed by atoms with Crippen LogP contribution in [0.3, 0.4) is 0 Å². The van der Waals surface area contributed by atoms with E-state index in [0.717, 1.165) is 21.9 Å². The van der Waals surface area contributed by atoms with Crippen molar-refractivity contribution in [1.82, 2.24) is 23.9 Å². The van der Waals surface area contributed by atoms with E-state index in [1.165, 1.54) is 30.1 Å². The van der Waals surface area contributed by atoms with Crippen LogP contribution in [0.15, 0.2) is 34.9 Å². The molecule has 0 saturated heterocycles. The molecule has 0 aromatic carbocycles. The number of amides is 1. The highest BCUT2D eigenvalue weighted by molar-refractivity contribution is 8.00. The average molecular weight is 413 g/mol. The molecule has 3 heterocycles. The maximum Gasteiger partial charge on any atom is 0.241 e. The zero-order chi connectivity index (χ0) is 18.7. The van der Waals surface area contributed by atoms with E-state index in [1.54, 1.807) is 0 Å². The van der Waals surface area contributed by atoms with Crippen LogP contribution in [-0.2, 0) is 20.6 Å². The van der Waals surface area contributed by atoms with E-state index < -0.39 is 15.9 Å². The van der Waals surface area contributed by atoms with E-state index in [-0.39, 0.29) is 6.54 Å². The number of rotatable bonds is 7. The van der Waals surface area contributed by atoms with Crippen LogP contribution in [0.5, 0.6) is 0 Å². The standard InChI is InChI=1S/C14H16N6O3S3/c1-19(26(2,22)23)8-12(21)16-13-17-18-14(25-13)24-9-10-7-20-6-4-3-5-11(20)15-10/h3-7H,8-9H2,1-2H3,(H,16,17,21). The molecule has 0 saturated carbocycles. The number of hydrogen-bond acceptors (Lipinski definition) is 8. The fraction of sp³-hybridized carbons (Fsp3) is 0.286. The fourth-order valence-electron chi connectivity index (χ4n) is 1.99. The van der Waals surface area contributed by atoms with Gasteiger partial charge >= 0.3 is 0 Å². The van der Waals surface area contributed by atoms with Gasteiger partial charge in [0.25, 0.3) is 0 Å². The van der Waals surface area contributed by atoms with Crippen LogP contribution in [0.2, 0.25) is 0 Å². The first-order valence-electron chi connectivity index (χ1n) is 7.41. The van der Waals surface area contributed by atoms with Crippen molar-refractivity contribution in [3.63, 3.8) is 0 Å². The Morgan fingerprint density at radius 2 is 2.19 bits per heavy atom. The van der Waals surface area contributed by atoms with Crippen molar-refractivity contribution in [3.8, 4) is 0 Å². The summed E-state index contributed by atoms with van der Waals surface area (Å²) in [6.07, 6.45) is 4.93. The summed E-state index contributed by atoms with van der Waals surface area (Å²) in [5, 5.41) is 10.8. The quantitative estimate of drug-likeness (QED) is 0.460. The van der Waals surface area contributed by atoms with Crippen molar-refractivity contribution < 1.29 is 13.2 Å². The summed E-state index contributed by atoms with van der Waals surface area (Å²) in [5.74, 6) is 0.159. The summed E-state index contributed by atoms with van der Waals surface area (Å²) in [4.78, 5) is 16.4. The largest absolute Gasteiger partial charge is 0.307 e. The van der Waals surface area contributed by atoms with E-state index >= 15 is 0 Å². The zero-order valence-electron chi connectivity index (χ0n) is 14.0. The molecular weight excluding hydrogens is 396 g/mol. The smallest absolute Gasteiger partial charge is 0.241 e. The molecule has 138 valence electrons. The number of imidazole rings is 1. The molecule has 1 N–H and O–H groups in total. The fourth-order valence-corrected chi connectivity index (χ4v) is 3.99. The lowest BCUT2D eigenvalue weighted by molar-refractivity contribution is -0.116. The van der Waals surface area contributed by atoms with Gasteiger partial charge in [0.05, 0.1) is 18.5 Å². The van der Waals surface area contributed by atoms with E-state index in [1.807, 2.05) is 35.0 Å². The molecule has 26 heavy (non-hydrogen) atoms. The van der Waals surface area contributed by atoms with Crippen LogP contribution in [0.4, 0.5) is 5.13 Å². The summed E-state index contributed by atoms with van der Waals surface area (Å²) in [5.41, 5.74) is 1.79. The van der Waals surface area contributed by atoms with Crippen LogP contribution < -0.4 is 5.32 Å². The molecule has 3 aromatic heterocycles. The zero-order valence-corrected chi connectivity index (χ0v) is 16.4. The predicted molar refractivity (Wildman–Crippen MR) is 101 cm³/mol. The van der Waals surface area contributed by atoms with Gasteiger partial charge in [-0.15, -0.1) is 10.2 Å². The Hall–Kier alpha value is -2.02. The summed E-state index contributed by atoms with van der Waals surface area (Å²) in [7, 11) is -2.07. The maximum atomic E-state index is 11.9. The number of fused-ring (bicyclic) bond motifs is 1. The normalized spacial score (nSPS) is 12.0. The average Bonchev–Trinajstić information content (AvgIpc) is 3.17. The highest BCUT2D eigenvalue weighted by atomic mass is 32.2. The lowest BCUT2D eigenvalue weighted by Crippen LogP contribution is -2.34. The van der Waals surface area contributed by atoms with Crippen LogP contribution in [-0.4, -0.2) is 58.1 Å². The lowest BCUT2D eigenvalue weighted by atomic mass is 10.5. The van der Waals surface area contributed by atoms with Crippen molar-refractivity contribution in [2.24, 2.45) is 0 Å². The molecule has 1 amide bonds. The van der Waals surface area contributed by atoms with Gasteiger partial charge in [0, 0.05) is 25.2 Å². The monoisotopic (exact) mass is 412 g/mol. The number of anilines is 1. The molecule has 0 radical (unpaired) electrons. The third kappa shape index (κ3) is 4.78. The van der Waals surface area contributed by atoms with Crippen LogP contribution >= 0.6 is 23.1 Å². The minimum atomic E-state index is -3.41. The molecule has 0 bridgehead atoms. The molecule has 0 aliphatic heterocycles. The number of pyridine rings is 1. The number of carbonyl (C=O) groups is 1. The molecule has 3 rings (SSSR count). The van der Waals surface area contributed by atoms with E-state index in [0.29, 0.717) is 15.2 Å². The number of aromatic nitrogens is 4. The van der Waals surface area contributed by atoms with Gasteiger partial charge < -0.3 is 4.40 Å². The van der Waals surface area contributed by atoms with Crippen LogP contribution in [0.25, 0.3) is 5.65 Å². The van der Waals surface area contributed by atoms with Gasteiger partial charge in [-0.2, -0.15) is 4.31 Å². The first-order chi connectivity index (χ1) is 12.3. The SMILES string of the molecule is CN(CC(=O)Nc1nnc(SCc2cn3ccccc3n2)s1)S(C)(=O)=O. The molecule has 9 nitrogen and oxygen atoms in total. The van der Waals surface area contributed by atoms with Gasteiger partial charge in [0.15, 0.2) is 4.34 Å². The van der Waals surface area contributed by atoms with Gasteiger partial charge in [0.1, 0.15) is 5.65 Å². The number of thioether (sulfide) groups is 1. The Morgan fingerprint density at radius 1 is 1.38 bits per heavy atom. The first-order valence-corrected chi connectivity index (χ1v) is 11.1. The topological polar surface area (TPSA) is 110 Å². The van der Waals surface area contributed by atoms with Gasteiger partial charge in [-0.25, -0.2) is 13.4 Å². The second-order valence-electron chi connectivity index (χ2n) is 5.43. The number of carbonyl (C=O) groups excluding carboxylic acids is 1. The minimum Gasteiger partial charge on any atom is -0.307 e. The molecule has 12 heteroatoms. The van der Waals surface area contributed by atoms with Crippen LogP contribution in [0.1, 0.15) is 5.69 Å². The van der Waals surface area contributed by atoms with Gasteiger partial charge in [-0.1, -0.05) is 29.2 Å². The highest BCUT2D eigenvalue weighted by Gasteiger charge is 2.16. The minimum absolute atomic E-state index is 0.276. The molecule has 3 aromatic rings. The number of likely N-dealkylation sites (N-methyl/N-ethyl adjacent to an activating group) is 1. The third-order valence-corrected chi connectivity index (χ3v) is 6.61. The number of hydrogen-bond donors (Lipinski definition) is 1. The molecule has 0 spiro atoms. The molecule has 0 fully saturated rings. The van der Waals surface area contributed by atoms with Gasteiger partial charge in [-0.05, 0) is 12.1 Å². The summed E-state index contributed by atoms with van der Waals surface area (Å²) in [6.45, 7) is -0.276. The van der Waals surface area contributed by atoms with E-state index in [4.69, 9.17) is 0 Å². The molecule has 0 unspecified atom stereocenters. The van der Waals surface area contributed by atoms with Crippen molar-refractivity contribution in [1.29, 1.82) is 0 Å². The Labute approximate surface area is 158 Å². The molecule has 0 aliphatic rings. The number of sulfonamides is 1. The third-order valence-electron chi connectivity index (χ3n) is 3.34. The van der Waals surface area contributed by atoms with E-state index in [9.17, 15) is 13.2 Å². The van der Waals surface area contributed by atoms with Crippen molar-refractivity contribution in [2.75, 3.05) is 25.2 Å². The van der Waals surface area contributed by atoms with Gasteiger partial charge in [-0.3, -0.25) is 10.1 Å². The van der Waals surface area contributed by atoms with Crippen molar-refractivity contribution in [2.45, 2.75) is 10.1 Å². The Kier molecular flexibility index (Phi) is 5.55. The van der Waals surface area contributed by atoms with Crippen molar-refractivity contribution >= 4 is 49.8 Å². The summed E-state index contributed by atoms with van der Waals surface area (Å²) in [6, 6.07) is 5.80. The van der Waals surface area contributed by atoms with Gasteiger partial charge in [0.2, 0.25) is 21.1 Å². The Bertz CT molecular complexity index is 996. The lowest BCUT2D eigenvalue weighted by Gasteiger charge is -2.12. The Balaban J connectivity index is 1.55. The molecule has 0 atom stereocenters.